The fraction of sp³-hybridized carbons (Fsp3) is 0.769. The van der Waals surface area contributed by atoms with Crippen LogP contribution in [0.4, 0.5) is 0 Å². The summed E-state index contributed by atoms with van der Waals surface area (Å²) in [5.41, 5.74) is 1.53. The summed E-state index contributed by atoms with van der Waals surface area (Å²) in [5, 5.41) is 8.66. The molecule has 0 bridgehead atoms. The molecule has 1 saturated carbocycles. The van der Waals surface area contributed by atoms with E-state index in [9.17, 15) is 4.79 Å². The van der Waals surface area contributed by atoms with Gasteiger partial charge in [-0.3, -0.25) is 0 Å². The van der Waals surface area contributed by atoms with E-state index in [2.05, 4.69) is 20.8 Å². The zero-order valence-corrected chi connectivity index (χ0v) is 10.0. The first kappa shape index (κ1) is 12.3. The molecule has 15 heavy (non-hydrogen) atoms. The molecule has 0 atom stereocenters. The maximum atomic E-state index is 10.5. The van der Waals surface area contributed by atoms with E-state index in [0.717, 1.165) is 37.2 Å². The molecule has 1 rings (SSSR count). The molecular weight excluding hydrogens is 188 g/mol. The summed E-state index contributed by atoms with van der Waals surface area (Å²) in [6.45, 7) is 6.88. The van der Waals surface area contributed by atoms with Gasteiger partial charge >= 0.3 is 5.97 Å². The van der Waals surface area contributed by atoms with Crippen LogP contribution < -0.4 is 0 Å². The topological polar surface area (TPSA) is 37.3 Å². The molecule has 0 aliphatic heterocycles. The van der Waals surface area contributed by atoms with Crippen LogP contribution in [0, 0.1) is 11.3 Å². The third kappa shape index (κ3) is 3.37. The van der Waals surface area contributed by atoms with Crippen molar-refractivity contribution in [2.45, 2.75) is 52.9 Å². The van der Waals surface area contributed by atoms with Crippen molar-refractivity contribution in [3.8, 4) is 0 Å². The molecule has 0 saturated heterocycles. The highest BCUT2D eigenvalue weighted by Gasteiger charge is 2.29. The van der Waals surface area contributed by atoms with Gasteiger partial charge in [0, 0.05) is 6.08 Å². The Balaban J connectivity index is 2.53. The molecule has 0 spiro atoms. The summed E-state index contributed by atoms with van der Waals surface area (Å²) in [7, 11) is 0. The third-order valence-electron chi connectivity index (χ3n) is 3.97. The lowest BCUT2D eigenvalue weighted by molar-refractivity contribution is -0.131. The molecule has 2 nitrogen and oxygen atoms in total. The van der Waals surface area contributed by atoms with Crippen LogP contribution in [0.15, 0.2) is 11.6 Å². The van der Waals surface area contributed by atoms with Crippen LogP contribution in [-0.4, -0.2) is 11.1 Å². The summed E-state index contributed by atoms with van der Waals surface area (Å²) in [4.78, 5) is 10.5. The van der Waals surface area contributed by atoms with Gasteiger partial charge < -0.3 is 5.11 Å². The highest BCUT2D eigenvalue weighted by Crippen LogP contribution is 2.41. The Labute approximate surface area is 92.4 Å². The van der Waals surface area contributed by atoms with Gasteiger partial charge in [-0.05, 0) is 37.0 Å². The summed E-state index contributed by atoms with van der Waals surface area (Å²) in [6.07, 6.45) is 6.85. The fourth-order valence-corrected chi connectivity index (χ4v) is 2.38. The average Bonchev–Trinajstić information content (AvgIpc) is 2.18. The maximum absolute atomic E-state index is 10.5. The molecule has 0 aromatic heterocycles. The van der Waals surface area contributed by atoms with Gasteiger partial charge in [0.05, 0.1) is 0 Å². The Morgan fingerprint density at radius 1 is 1.47 bits per heavy atom. The summed E-state index contributed by atoms with van der Waals surface area (Å²) in [6, 6.07) is 0. The SMILES string of the molecule is CCC(C)(C)C1CCC(=CC(=O)O)CC1. The summed E-state index contributed by atoms with van der Waals surface area (Å²) in [5.74, 6) is -0.0355. The largest absolute Gasteiger partial charge is 0.478 e. The van der Waals surface area contributed by atoms with Gasteiger partial charge in [-0.1, -0.05) is 32.8 Å². The van der Waals surface area contributed by atoms with E-state index in [1.54, 1.807) is 0 Å². The molecule has 86 valence electrons. The van der Waals surface area contributed by atoms with Crippen molar-refractivity contribution in [1.82, 2.24) is 0 Å². The van der Waals surface area contributed by atoms with Crippen molar-refractivity contribution in [1.29, 1.82) is 0 Å². The highest BCUT2D eigenvalue weighted by molar-refractivity contribution is 5.80. The molecule has 1 N–H and O–H groups in total. The Kier molecular flexibility index (Phi) is 3.95. The lowest BCUT2D eigenvalue weighted by atomic mass is 9.69. The van der Waals surface area contributed by atoms with Crippen molar-refractivity contribution in [2.75, 3.05) is 0 Å². The molecule has 2 heteroatoms. The molecule has 0 unspecified atom stereocenters. The second kappa shape index (κ2) is 4.82. The van der Waals surface area contributed by atoms with Crippen LogP contribution in [0.2, 0.25) is 0 Å². The molecule has 0 aromatic rings. The van der Waals surface area contributed by atoms with Crippen LogP contribution in [0.3, 0.4) is 0 Å². The van der Waals surface area contributed by atoms with Crippen molar-refractivity contribution >= 4 is 5.97 Å². The Bertz CT molecular complexity index is 254. The van der Waals surface area contributed by atoms with Gasteiger partial charge in [0.2, 0.25) is 0 Å². The summed E-state index contributed by atoms with van der Waals surface area (Å²) < 4.78 is 0. The first-order valence-electron chi connectivity index (χ1n) is 5.88. The fourth-order valence-electron chi connectivity index (χ4n) is 2.38. The van der Waals surface area contributed by atoms with Crippen LogP contribution in [-0.2, 0) is 4.79 Å². The van der Waals surface area contributed by atoms with Crippen LogP contribution in [0.1, 0.15) is 52.9 Å². The number of hydrogen-bond acceptors (Lipinski definition) is 1. The molecule has 0 aromatic carbocycles. The number of carboxylic acid groups (broad SMARTS) is 1. The Morgan fingerprint density at radius 2 is 2.00 bits per heavy atom. The number of carbonyl (C=O) groups is 1. The van der Waals surface area contributed by atoms with Crippen LogP contribution in [0.25, 0.3) is 0 Å². The van der Waals surface area contributed by atoms with E-state index in [1.165, 1.54) is 12.5 Å². The monoisotopic (exact) mass is 210 g/mol. The van der Waals surface area contributed by atoms with E-state index >= 15 is 0 Å². The van der Waals surface area contributed by atoms with Crippen LogP contribution in [0.5, 0.6) is 0 Å². The van der Waals surface area contributed by atoms with Gasteiger partial charge in [-0.15, -0.1) is 0 Å². The van der Waals surface area contributed by atoms with E-state index in [0.29, 0.717) is 5.41 Å². The molecule has 1 fully saturated rings. The number of aliphatic carboxylic acids is 1. The first-order chi connectivity index (χ1) is 6.95. The van der Waals surface area contributed by atoms with Crippen molar-refractivity contribution in [3.63, 3.8) is 0 Å². The van der Waals surface area contributed by atoms with Gasteiger partial charge in [-0.25, -0.2) is 4.79 Å². The summed E-state index contributed by atoms with van der Waals surface area (Å²) >= 11 is 0. The second-order valence-corrected chi connectivity index (χ2v) is 5.26. The normalized spacial score (nSPS) is 22.6. The maximum Gasteiger partial charge on any atom is 0.328 e. The lowest BCUT2D eigenvalue weighted by Gasteiger charge is -2.37. The molecular formula is C13H22O2. The number of carboxylic acids is 1. The second-order valence-electron chi connectivity index (χ2n) is 5.26. The van der Waals surface area contributed by atoms with Gasteiger partial charge in [0.1, 0.15) is 0 Å². The molecule has 0 heterocycles. The lowest BCUT2D eigenvalue weighted by Crippen LogP contribution is -2.26. The van der Waals surface area contributed by atoms with Crippen molar-refractivity contribution < 1.29 is 9.90 Å². The molecule has 1 aliphatic rings. The minimum Gasteiger partial charge on any atom is -0.478 e. The van der Waals surface area contributed by atoms with E-state index in [1.807, 2.05) is 0 Å². The molecule has 0 amide bonds. The van der Waals surface area contributed by atoms with Gasteiger partial charge in [-0.2, -0.15) is 0 Å². The smallest absolute Gasteiger partial charge is 0.328 e. The minimum absolute atomic E-state index is 0.411. The first-order valence-corrected chi connectivity index (χ1v) is 5.88. The molecule has 1 aliphatic carbocycles. The Morgan fingerprint density at radius 3 is 2.40 bits per heavy atom. The minimum atomic E-state index is -0.793. The average molecular weight is 210 g/mol. The van der Waals surface area contributed by atoms with E-state index < -0.39 is 5.97 Å². The molecule has 0 radical (unpaired) electrons. The third-order valence-corrected chi connectivity index (χ3v) is 3.97. The highest BCUT2D eigenvalue weighted by atomic mass is 16.4. The quantitative estimate of drug-likeness (QED) is 0.722. The van der Waals surface area contributed by atoms with Crippen molar-refractivity contribution in [2.24, 2.45) is 11.3 Å². The predicted molar refractivity (Wildman–Crippen MR) is 61.7 cm³/mol. The zero-order chi connectivity index (χ0) is 11.5. The van der Waals surface area contributed by atoms with Crippen molar-refractivity contribution in [3.05, 3.63) is 11.6 Å². The van der Waals surface area contributed by atoms with Gasteiger partial charge in [0.25, 0.3) is 0 Å². The number of hydrogen-bond donors (Lipinski definition) is 1. The Hall–Kier alpha value is -0.790. The predicted octanol–water partition coefficient (Wildman–Crippen LogP) is 3.62. The zero-order valence-electron chi connectivity index (χ0n) is 10.0. The standard InChI is InChI=1S/C13H22O2/c1-4-13(2,3)11-7-5-10(6-8-11)9-12(14)15/h9,11H,4-8H2,1-3H3,(H,14,15). The number of rotatable bonds is 3. The van der Waals surface area contributed by atoms with E-state index in [4.69, 9.17) is 5.11 Å². The van der Waals surface area contributed by atoms with Gasteiger partial charge in [0.15, 0.2) is 0 Å². The number of allylic oxidation sites excluding steroid dienone is 1. The van der Waals surface area contributed by atoms with Crippen LogP contribution >= 0.6 is 0 Å². The van der Waals surface area contributed by atoms with E-state index in [-0.39, 0.29) is 0 Å².